The highest BCUT2D eigenvalue weighted by Crippen LogP contribution is 2.64. The Morgan fingerprint density at radius 3 is 2.22 bits per heavy atom. The quantitative estimate of drug-likeness (QED) is 0.679. The monoisotopic (exact) mass is 318 g/mol. The van der Waals surface area contributed by atoms with Gasteiger partial charge in [-0.1, -0.05) is 23.8 Å². The first-order valence-electron chi connectivity index (χ1n) is 7.94. The molecule has 0 radical (unpaired) electrons. The second kappa shape index (κ2) is 4.46. The zero-order valence-corrected chi connectivity index (χ0v) is 12.4. The van der Waals surface area contributed by atoms with Gasteiger partial charge in [0.05, 0.1) is 17.8 Å². The molecule has 4 rings (SSSR count). The van der Waals surface area contributed by atoms with Crippen molar-refractivity contribution in [3.63, 3.8) is 0 Å². The minimum Gasteiger partial charge on any atom is -0.481 e. The van der Waals surface area contributed by atoms with E-state index >= 15 is 0 Å². The fourth-order valence-electron chi connectivity index (χ4n) is 5.59. The van der Waals surface area contributed by atoms with Gasteiger partial charge in [-0.15, -0.1) is 0 Å². The van der Waals surface area contributed by atoms with E-state index in [1.807, 2.05) is 18.2 Å². The van der Waals surface area contributed by atoms with Crippen molar-refractivity contribution in [3.8, 4) is 0 Å². The molecule has 2 fully saturated rings. The van der Waals surface area contributed by atoms with Crippen molar-refractivity contribution in [1.29, 1.82) is 0 Å². The number of carbonyl (C=O) groups is 3. The van der Waals surface area contributed by atoms with Crippen molar-refractivity contribution >= 4 is 17.9 Å². The number of allylic oxidation sites excluding steroid dienone is 4. The van der Waals surface area contributed by atoms with Crippen LogP contribution >= 0.6 is 0 Å². The lowest BCUT2D eigenvalue weighted by atomic mass is 9.68. The number of hydrogen-bond acceptors (Lipinski definition) is 3. The van der Waals surface area contributed by atoms with Crippen molar-refractivity contribution < 1.29 is 29.7 Å². The van der Waals surface area contributed by atoms with E-state index in [1.54, 1.807) is 0 Å². The summed E-state index contributed by atoms with van der Waals surface area (Å²) < 4.78 is 0. The molecule has 3 N–H and O–H groups in total. The second-order valence-electron chi connectivity index (χ2n) is 7.39. The molecule has 0 amide bonds. The lowest BCUT2D eigenvalue weighted by molar-refractivity contribution is -0.154. The van der Waals surface area contributed by atoms with Crippen LogP contribution in [0.2, 0.25) is 0 Å². The van der Waals surface area contributed by atoms with Crippen LogP contribution in [0.1, 0.15) is 19.3 Å². The van der Waals surface area contributed by atoms with Gasteiger partial charge in [-0.25, -0.2) is 0 Å². The third-order valence-electron chi connectivity index (χ3n) is 6.43. The number of aliphatic carboxylic acids is 3. The molecular weight excluding hydrogens is 300 g/mol. The molecule has 0 spiro atoms. The maximum atomic E-state index is 11.6. The van der Waals surface area contributed by atoms with Gasteiger partial charge < -0.3 is 15.3 Å². The van der Waals surface area contributed by atoms with Gasteiger partial charge in [0.15, 0.2) is 0 Å². The fraction of sp³-hybridized carbons (Fsp3) is 0.588. The van der Waals surface area contributed by atoms with Crippen molar-refractivity contribution in [1.82, 2.24) is 0 Å². The lowest BCUT2D eigenvalue weighted by Crippen LogP contribution is -2.37. The molecular formula is C17H18O6. The summed E-state index contributed by atoms with van der Waals surface area (Å²) in [6, 6.07) is 0. The Kier molecular flexibility index (Phi) is 2.81. The molecule has 0 aromatic rings. The van der Waals surface area contributed by atoms with Gasteiger partial charge in [-0.2, -0.15) is 0 Å². The second-order valence-corrected chi connectivity index (χ2v) is 7.39. The highest BCUT2D eigenvalue weighted by atomic mass is 16.4. The maximum absolute atomic E-state index is 11.6. The Bertz CT molecular complexity index is 677. The van der Waals surface area contributed by atoms with E-state index in [9.17, 15) is 29.7 Å². The standard InChI is InChI=1S/C17H18O6/c18-14(19)10-6-17(2-1-7(10)5-17)11-4-8-3-9(11)13(16(22)23)12(8)15(20)21/h1-2,4,7-10,12-13H,3,5-6H2,(H,18,19)(H,20,21)(H,22,23). The molecule has 0 aromatic heterocycles. The highest BCUT2D eigenvalue weighted by Gasteiger charge is 2.61. The van der Waals surface area contributed by atoms with Gasteiger partial charge in [0.2, 0.25) is 0 Å². The summed E-state index contributed by atoms with van der Waals surface area (Å²) in [5.41, 5.74) is 0.611. The minimum absolute atomic E-state index is 0.00563. The van der Waals surface area contributed by atoms with Crippen LogP contribution in [0.3, 0.4) is 0 Å². The van der Waals surface area contributed by atoms with Gasteiger partial charge in [0, 0.05) is 5.41 Å². The molecule has 4 bridgehead atoms. The molecule has 0 saturated heterocycles. The summed E-state index contributed by atoms with van der Waals surface area (Å²) in [6.07, 6.45) is 7.70. The summed E-state index contributed by atoms with van der Waals surface area (Å²) in [7, 11) is 0. The third kappa shape index (κ3) is 1.77. The fourth-order valence-corrected chi connectivity index (χ4v) is 5.59. The van der Waals surface area contributed by atoms with E-state index in [0.717, 1.165) is 5.57 Å². The SMILES string of the molecule is O=C(O)C1CC2(C3=CC4CC3C(C(=O)O)C4C(=O)O)C=CC1C2. The molecule has 0 heterocycles. The van der Waals surface area contributed by atoms with E-state index in [4.69, 9.17) is 0 Å². The van der Waals surface area contributed by atoms with Gasteiger partial charge in [-0.3, -0.25) is 14.4 Å². The van der Waals surface area contributed by atoms with Crippen LogP contribution in [0.15, 0.2) is 23.8 Å². The van der Waals surface area contributed by atoms with Crippen molar-refractivity contribution in [3.05, 3.63) is 23.8 Å². The molecule has 6 heteroatoms. The Hall–Kier alpha value is -2.11. The van der Waals surface area contributed by atoms with Gasteiger partial charge in [0.25, 0.3) is 0 Å². The molecule has 0 aliphatic heterocycles. The first kappa shape index (κ1) is 14.5. The van der Waals surface area contributed by atoms with Crippen molar-refractivity contribution in [2.75, 3.05) is 0 Å². The van der Waals surface area contributed by atoms with E-state index in [-0.39, 0.29) is 23.2 Å². The maximum Gasteiger partial charge on any atom is 0.308 e. The first-order valence-corrected chi connectivity index (χ1v) is 7.94. The third-order valence-corrected chi connectivity index (χ3v) is 6.43. The lowest BCUT2D eigenvalue weighted by Gasteiger charge is -2.35. The molecule has 122 valence electrons. The van der Waals surface area contributed by atoms with E-state index in [1.165, 1.54) is 0 Å². The van der Waals surface area contributed by atoms with Crippen LogP contribution in [0.5, 0.6) is 0 Å². The molecule has 2 saturated carbocycles. The Morgan fingerprint density at radius 2 is 1.65 bits per heavy atom. The van der Waals surface area contributed by atoms with Crippen LogP contribution in [0, 0.1) is 40.9 Å². The van der Waals surface area contributed by atoms with Crippen LogP contribution < -0.4 is 0 Å². The molecule has 23 heavy (non-hydrogen) atoms. The molecule has 0 aromatic carbocycles. The van der Waals surface area contributed by atoms with E-state index in [2.05, 4.69) is 0 Å². The summed E-state index contributed by atoms with van der Waals surface area (Å²) in [4.78, 5) is 34.5. The summed E-state index contributed by atoms with van der Waals surface area (Å²) in [6.45, 7) is 0. The van der Waals surface area contributed by atoms with Crippen LogP contribution in [-0.2, 0) is 14.4 Å². The molecule has 6 nitrogen and oxygen atoms in total. The van der Waals surface area contributed by atoms with Crippen LogP contribution in [0.4, 0.5) is 0 Å². The van der Waals surface area contributed by atoms with Crippen molar-refractivity contribution in [2.45, 2.75) is 19.3 Å². The average Bonchev–Trinajstić information content (AvgIpc) is 3.22. The molecule has 7 atom stereocenters. The summed E-state index contributed by atoms with van der Waals surface area (Å²) in [5, 5.41) is 28.2. The summed E-state index contributed by atoms with van der Waals surface area (Å²) >= 11 is 0. The normalized spacial score (nSPS) is 46.2. The molecule has 4 aliphatic rings. The van der Waals surface area contributed by atoms with Gasteiger partial charge >= 0.3 is 17.9 Å². The number of carboxylic acids is 3. The zero-order chi connectivity index (χ0) is 16.5. The largest absolute Gasteiger partial charge is 0.481 e. The van der Waals surface area contributed by atoms with Crippen LogP contribution in [0.25, 0.3) is 0 Å². The van der Waals surface area contributed by atoms with Gasteiger partial charge in [-0.05, 0) is 37.0 Å². The van der Waals surface area contributed by atoms with E-state index in [0.29, 0.717) is 19.3 Å². The van der Waals surface area contributed by atoms with Crippen molar-refractivity contribution in [2.24, 2.45) is 40.9 Å². The molecule has 4 aliphatic carbocycles. The number of fused-ring (bicyclic) bond motifs is 4. The highest BCUT2D eigenvalue weighted by molar-refractivity contribution is 5.83. The number of rotatable bonds is 4. The Labute approximate surface area is 132 Å². The predicted octanol–water partition coefficient (Wildman–Crippen LogP) is 1.63. The van der Waals surface area contributed by atoms with Crippen LogP contribution in [-0.4, -0.2) is 33.2 Å². The topological polar surface area (TPSA) is 112 Å². The van der Waals surface area contributed by atoms with E-state index < -0.39 is 35.7 Å². The Morgan fingerprint density at radius 1 is 0.957 bits per heavy atom. The number of carboxylic acid groups (broad SMARTS) is 3. The zero-order valence-electron chi connectivity index (χ0n) is 12.4. The van der Waals surface area contributed by atoms with Gasteiger partial charge in [0.1, 0.15) is 0 Å². The first-order chi connectivity index (χ1) is 10.8. The average molecular weight is 318 g/mol. The Balaban J connectivity index is 1.70. The predicted molar refractivity (Wildman–Crippen MR) is 77.4 cm³/mol. The number of hydrogen-bond donors (Lipinski definition) is 3. The minimum atomic E-state index is -1.06. The molecule has 7 unspecified atom stereocenters. The smallest absolute Gasteiger partial charge is 0.308 e. The summed E-state index contributed by atoms with van der Waals surface area (Å²) in [5.74, 6) is -5.62.